The number of nitrogens with one attached hydrogen (secondary N) is 1. The number of benzene rings is 2. The molecule has 1 saturated carbocycles. The van der Waals surface area contributed by atoms with E-state index >= 15 is 0 Å². The lowest BCUT2D eigenvalue weighted by atomic mass is 9.93. The Morgan fingerprint density at radius 1 is 1.00 bits per heavy atom. The molecule has 1 saturated heterocycles. The predicted octanol–water partition coefficient (Wildman–Crippen LogP) is 5.51. The normalized spacial score (nSPS) is 17.0. The first-order chi connectivity index (χ1) is 21.8. The van der Waals surface area contributed by atoms with Gasteiger partial charge in [0, 0.05) is 42.8 Å². The highest BCUT2D eigenvalue weighted by atomic mass is 16.7. The highest BCUT2D eigenvalue weighted by Crippen LogP contribution is 2.44. The average molecular weight is 606 g/mol. The minimum absolute atomic E-state index is 0.126. The van der Waals surface area contributed by atoms with E-state index in [4.69, 9.17) is 24.5 Å². The molecule has 0 radical (unpaired) electrons. The number of hydrogen-bond acceptors (Lipinski definition) is 6. The molecule has 7 rings (SSSR count). The lowest BCUT2D eigenvalue weighted by Crippen LogP contribution is -2.56. The molecule has 5 aromatic rings. The maximum atomic E-state index is 14.0. The minimum Gasteiger partial charge on any atom is -0.478 e. The van der Waals surface area contributed by atoms with E-state index in [1.54, 1.807) is 0 Å². The summed E-state index contributed by atoms with van der Waals surface area (Å²) in [6, 6.07) is 17.4. The number of pyridine rings is 1. The second kappa shape index (κ2) is 11.6. The van der Waals surface area contributed by atoms with Crippen molar-refractivity contribution in [3.63, 3.8) is 0 Å². The van der Waals surface area contributed by atoms with E-state index < -0.39 is 11.5 Å². The summed E-state index contributed by atoms with van der Waals surface area (Å²) in [7, 11) is 3.92. The van der Waals surface area contributed by atoms with Crippen LogP contribution < -0.4 is 5.32 Å². The van der Waals surface area contributed by atoms with E-state index in [-0.39, 0.29) is 25.9 Å². The highest BCUT2D eigenvalue weighted by Gasteiger charge is 2.42. The number of aromatic nitrogens is 4. The second-order valence-corrected chi connectivity index (χ2v) is 12.0. The van der Waals surface area contributed by atoms with Crippen LogP contribution in [0, 0.1) is 0 Å². The molecule has 1 amide bonds. The predicted molar refractivity (Wildman–Crippen MR) is 171 cm³/mol. The van der Waals surface area contributed by atoms with Crippen LogP contribution in [0.2, 0.25) is 0 Å². The van der Waals surface area contributed by atoms with Gasteiger partial charge in [0.25, 0.3) is 5.91 Å². The van der Waals surface area contributed by atoms with Gasteiger partial charge in [-0.25, -0.2) is 9.78 Å². The Hall–Kier alpha value is -4.80. The lowest BCUT2D eigenvalue weighted by molar-refractivity contribution is -0.146. The largest absolute Gasteiger partial charge is 0.478 e. The summed E-state index contributed by atoms with van der Waals surface area (Å²) >= 11 is 0. The molecule has 2 fully saturated rings. The van der Waals surface area contributed by atoms with Gasteiger partial charge in [0.05, 0.1) is 35.6 Å². The van der Waals surface area contributed by atoms with Crippen molar-refractivity contribution in [2.45, 2.75) is 37.1 Å². The van der Waals surface area contributed by atoms with Crippen molar-refractivity contribution in [2.24, 2.45) is 14.1 Å². The standard InChI is InChI=1S/C35H35N5O5/c1-39-28-18-24(12-13-25(28)31(23-7-3-4-8-23)32(39)27-9-5-6-16-36-27)33(43)38-35(19-44-21-45-20-35)34-37-26-14-10-22(11-15-30(41)42)17-29(26)40(34)2/h5-6,9-18,23H,3-4,7-8,19-21H2,1-2H3,(H,38,43)(H,41,42). The van der Waals surface area contributed by atoms with Crippen LogP contribution in [0.1, 0.15) is 58.9 Å². The molecule has 2 aromatic carbocycles. The van der Waals surface area contributed by atoms with Crippen LogP contribution in [0.15, 0.2) is 66.9 Å². The van der Waals surface area contributed by atoms with E-state index in [2.05, 4.69) is 29.1 Å². The van der Waals surface area contributed by atoms with E-state index in [1.165, 1.54) is 24.5 Å². The Balaban J connectivity index is 1.27. The Kier molecular flexibility index (Phi) is 7.47. The fourth-order valence-electron chi connectivity index (χ4n) is 7.03. The van der Waals surface area contributed by atoms with E-state index in [9.17, 15) is 9.59 Å². The number of imidazole rings is 1. The molecule has 10 heteroatoms. The van der Waals surface area contributed by atoms with Crippen LogP contribution in [0.5, 0.6) is 0 Å². The molecule has 1 aliphatic heterocycles. The van der Waals surface area contributed by atoms with Gasteiger partial charge in [-0.3, -0.25) is 9.78 Å². The lowest BCUT2D eigenvalue weighted by Gasteiger charge is -2.36. The van der Waals surface area contributed by atoms with Crippen LogP contribution >= 0.6 is 0 Å². The Bertz CT molecular complexity index is 1950. The first-order valence-electron chi connectivity index (χ1n) is 15.2. The van der Waals surface area contributed by atoms with Gasteiger partial charge in [-0.1, -0.05) is 31.0 Å². The maximum absolute atomic E-state index is 14.0. The molecule has 3 aromatic heterocycles. The van der Waals surface area contributed by atoms with Gasteiger partial charge in [-0.05, 0) is 72.4 Å². The zero-order chi connectivity index (χ0) is 31.1. The first kappa shape index (κ1) is 28.9. The van der Waals surface area contributed by atoms with Gasteiger partial charge < -0.3 is 29.0 Å². The maximum Gasteiger partial charge on any atom is 0.328 e. The summed E-state index contributed by atoms with van der Waals surface area (Å²) in [5, 5.41) is 13.4. The number of aryl methyl sites for hydroxylation is 2. The van der Waals surface area contributed by atoms with Crippen molar-refractivity contribution in [3.05, 3.63) is 89.4 Å². The molecular weight excluding hydrogens is 570 g/mol. The molecule has 230 valence electrons. The molecule has 2 N–H and O–H groups in total. The number of carbonyl (C=O) groups is 2. The summed E-state index contributed by atoms with van der Waals surface area (Å²) in [5.74, 6) is -0.227. The quantitative estimate of drug-likeness (QED) is 0.235. The first-order valence-corrected chi connectivity index (χ1v) is 15.2. The van der Waals surface area contributed by atoms with Crippen molar-refractivity contribution in [1.82, 2.24) is 24.4 Å². The van der Waals surface area contributed by atoms with Gasteiger partial charge in [0.15, 0.2) is 0 Å². The van der Waals surface area contributed by atoms with Gasteiger partial charge in [0.2, 0.25) is 0 Å². The Morgan fingerprint density at radius 3 is 2.53 bits per heavy atom. The molecular formula is C35H35N5O5. The van der Waals surface area contributed by atoms with E-state index in [0.717, 1.165) is 52.3 Å². The molecule has 0 atom stereocenters. The van der Waals surface area contributed by atoms with Crippen LogP contribution in [0.4, 0.5) is 0 Å². The molecule has 0 bridgehead atoms. The summed E-state index contributed by atoms with van der Waals surface area (Å²) in [6.45, 7) is 0.495. The zero-order valence-corrected chi connectivity index (χ0v) is 25.3. The smallest absolute Gasteiger partial charge is 0.328 e. The number of carboxylic acids is 1. The molecule has 45 heavy (non-hydrogen) atoms. The Labute approximate surface area is 260 Å². The topological polar surface area (TPSA) is 121 Å². The monoisotopic (exact) mass is 605 g/mol. The van der Waals surface area contributed by atoms with Crippen molar-refractivity contribution in [2.75, 3.05) is 20.0 Å². The zero-order valence-electron chi connectivity index (χ0n) is 25.3. The number of ether oxygens (including phenoxy) is 2. The number of fused-ring (bicyclic) bond motifs is 2. The van der Waals surface area contributed by atoms with Crippen molar-refractivity contribution < 1.29 is 24.2 Å². The fraction of sp³-hybridized carbons (Fsp3) is 0.314. The minimum atomic E-state index is -1.04. The second-order valence-electron chi connectivity index (χ2n) is 12.0. The van der Waals surface area contributed by atoms with Crippen molar-refractivity contribution >= 4 is 39.9 Å². The van der Waals surface area contributed by atoms with Crippen LogP contribution in [-0.2, 0) is 33.9 Å². The number of carboxylic acid groups (broad SMARTS) is 1. The van der Waals surface area contributed by atoms with Crippen LogP contribution in [0.25, 0.3) is 39.4 Å². The number of carbonyl (C=O) groups excluding carboxylic acids is 1. The van der Waals surface area contributed by atoms with Gasteiger partial charge >= 0.3 is 5.97 Å². The molecule has 1 aliphatic carbocycles. The molecule has 2 aliphatic rings. The van der Waals surface area contributed by atoms with Gasteiger partial charge in [-0.15, -0.1) is 0 Å². The van der Waals surface area contributed by atoms with Crippen LogP contribution in [-0.4, -0.2) is 56.1 Å². The third kappa shape index (κ3) is 5.19. The Morgan fingerprint density at radius 2 is 1.80 bits per heavy atom. The number of aliphatic carboxylic acids is 1. The number of rotatable bonds is 7. The summed E-state index contributed by atoms with van der Waals surface area (Å²) < 4.78 is 15.6. The molecule has 10 nitrogen and oxygen atoms in total. The van der Waals surface area contributed by atoms with Crippen LogP contribution in [0.3, 0.4) is 0 Å². The third-order valence-corrected chi connectivity index (χ3v) is 9.14. The SMILES string of the molecule is Cn1c(C2(NC(=O)c3ccc4c(C5CCCC5)c(-c5ccccn5)n(C)c4c3)COCOC2)nc2ccc(C=CC(=O)O)cc21. The average Bonchev–Trinajstić information content (AvgIpc) is 3.78. The summed E-state index contributed by atoms with van der Waals surface area (Å²) in [4.78, 5) is 34.7. The molecule has 4 heterocycles. The summed E-state index contributed by atoms with van der Waals surface area (Å²) in [6.07, 6.45) is 9.21. The van der Waals surface area contributed by atoms with Crippen molar-refractivity contribution in [3.8, 4) is 11.4 Å². The highest BCUT2D eigenvalue weighted by molar-refractivity contribution is 6.01. The number of hydrogen-bond donors (Lipinski definition) is 2. The third-order valence-electron chi connectivity index (χ3n) is 9.14. The summed E-state index contributed by atoms with van der Waals surface area (Å²) in [5.41, 5.74) is 6.07. The van der Waals surface area contributed by atoms with Crippen molar-refractivity contribution in [1.29, 1.82) is 0 Å². The number of amides is 1. The van der Waals surface area contributed by atoms with E-state index in [1.807, 2.05) is 60.3 Å². The van der Waals surface area contributed by atoms with Gasteiger partial charge in [0.1, 0.15) is 18.2 Å². The fourth-order valence-corrected chi connectivity index (χ4v) is 7.03. The molecule has 0 unspecified atom stereocenters. The molecule has 0 spiro atoms. The van der Waals surface area contributed by atoms with E-state index in [0.29, 0.717) is 22.8 Å². The number of nitrogens with zero attached hydrogens (tertiary/aromatic N) is 4. The van der Waals surface area contributed by atoms with Gasteiger partial charge in [-0.2, -0.15) is 0 Å².